The quantitative estimate of drug-likeness (QED) is 0.885. The van der Waals surface area contributed by atoms with Crippen molar-refractivity contribution in [2.24, 2.45) is 0 Å². The fourth-order valence-electron chi connectivity index (χ4n) is 2.44. The number of hydrogen-bond acceptors (Lipinski definition) is 3. The van der Waals surface area contributed by atoms with E-state index in [0.29, 0.717) is 24.3 Å². The lowest BCUT2D eigenvalue weighted by atomic mass is 10.0. The third kappa shape index (κ3) is 1.91. The van der Waals surface area contributed by atoms with Gasteiger partial charge in [0.2, 0.25) is 0 Å². The van der Waals surface area contributed by atoms with Crippen LogP contribution < -0.4 is 5.32 Å². The second-order valence-electron chi connectivity index (χ2n) is 4.55. The van der Waals surface area contributed by atoms with Gasteiger partial charge in [-0.1, -0.05) is 6.07 Å². The molecule has 0 fully saturated rings. The van der Waals surface area contributed by atoms with Gasteiger partial charge in [-0.05, 0) is 12.5 Å². The summed E-state index contributed by atoms with van der Waals surface area (Å²) < 4.78 is 28.3. The molecule has 1 aromatic carbocycles. The molecule has 0 spiro atoms. The number of carboxylic acid groups (broad SMARTS) is 1. The molecule has 2 N–H and O–H groups in total. The summed E-state index contributed by atoms with van der Waals surface area (Å²) in [5, 5.41) is 16.0. The molecule has 1 atom stereocenters. The third-order valence-corrected chi connectivity index (χ3v) is 3.35. The normalized spacial score (nSPS) is 17.4. The van der Waals surface area contributed by atoms with Crippen molar-refractivity contribution in [1.82, 2.24) is 9.78 Å². The Morgan fingerprint density at radius 2 is 2.25 bits per heavy atom. The summed E-state index contributed by atoms with van der Waals surface area (Å²) in [5.41, 5.74) is 0.339. The molecule has 1 unspecified atom stereocenters. The minimum Gasteiger partial charge on any atom is -0.477 e. The van der Waals surface area contributed by atoms with Gasteiger partial charge in [0, 0.05) is 18.2 Å². The lowest BCUT2D eigenvalue weighted by Gasteiger charge is -2.26. The summed E-state index contributed by atoms with van der Waals surface area (Å²) in [6, 6.07) is 2.92. The Hall–Kier alpha value is -2.44. The fraction of sp³-hybridized carbons (Fsp3) is 0.231. The van der Waals surface area contributed by atoms with E-state index in [-0.39, 0.29) is 5.56 Å². The predicted molar refractivity (Wildman–Crippen MR) is 66.8 cm³/mol. The fourth-order valence-corrected chi connectivity index (χ4v) is 2.44. The topological polar surface area (TPSA) is 67.1 Å². The molecule has 0 saturated carbocycles. The molecule has 20 heavy (non-hydrogen) atoms. The lowest BCUT2D eigenvalue weighted by molar-refractivity contribution is 0.0697. The van der Waals surface area contributed by atoms with Crippen LogP contribution in [0.1, 0.15) is 28.4 Å². The van der Waals surface area contributed by atoms with E-state index in [2.05, 4.69) is 10.4 Å². The first-order valence-corrected chi connectivity index (χ1v) is 6.07. The van der Waals surface area contributed by atoms with Crippen LogP contribution in [0.2, 0.25) is 0 Å². The number of nitrogens with zero attached hydrogens (tertiary/aromatic N) is 2. The average Bonchev–Trinajstić information content (AvgIpc) is 2.82. The first kappa shape index (κ1) is 12.6. The third-order valence-electron chi connectivity index (χ3n) is 3.35. The number of hydrogen-bond donors (Lipinski definition) is 2. The zero-order valence-corrected chi connectivity index (χ0v) is 10.3. The Morgan fingerprint density at radius 1 is 1.45 bits per heavy atom. The van der Waals surface area contributed by atoms with Crippen LogP contribution in [-0.2, 0) is 0 Å². The monoisotopic (exact) mass is 279 g/mol. The first-order chi connectivity index (χ1) is 9.58. The van der Waals surface area contributed by atoms with Gasteiger partial charge in [-0.3, -0.25) is 0 Å². The van der Waals surface area contributed by atoms with Crippen molar-refractivity contribution in [3.8, 4) is 0 Å². The van der Waals surface area contributed by atoms with Crippen molar-refractivity contribution in [3.05, 3.63) is 47.2 Å². The van der Waals surface area contributed by atoms with Crippen LogP contribution in [-0.4, -0.2) is 27.4 Å². The SMILES string of the molecule is O=C(O)c1cnn2c1NCCC2c1ccc(F)cc1F. The van der Waals surface area contributed by atoms with Gasteiger partial charge >= 0.3 is 5.97 Å². The predicted octanol–water partition coefficient (Wildman–Crippen LogP) is 2.26. The number of anilines is 1. The molecular formula is C13H11F2N3O2. The standard InChI is InChI=1S/C13H11F2N3O2/c14-7-1-2-8(10(15)5-7)11-3-4-16-12-9(13(19)20)6-17-18(11)12/h1-2,5-6,11,16H,3-4H2,(H,19,20). The molecule has 0 amide bonds. The van der Waals surface area contributed by atoms with Crippen LogP contribution in [0.25, 0.3) is 0 Å². The highest BCUT2D eigenvalue weighted by Crippen LogP contribution is 2.32. The van der Waals surface area contributed by atoms with Crippen molar-refractivity contribution in [3.63, 3.8) is 0 Å². The molecule has 1 aromatic heterocycles. The van der Waals surface area contributed by atoms with E-state index >= 15 is 0 Å². The second kappa shape index (κ2) is 4.59. The van der Waals surface area contributed by atoms with Crippen molar-refractivity contribution >= 4 is 11.8 Å². The van der Waals surface area contributed by atoms with E-state index in [1.807, 2.05) is 0 Å². The Labute approximate surface area is 112 Å². The Kier molecular flexibility index (Phi) is 2.89. The maximum absolute atomic E-state index is 13.9. The number of carboxylic acids is 1. The molecule has 1 aliphatic rings. The molecule has 7 heteroatoms. The molecule has 3 rings (SSSR count). The maximum atomic E-state index is 13.9. The van der Waals surface area contributed by atoms with E-state index in [9.17, 15) is 13.6 Å². The molecule has 1 aliphatic heterocycles. The van der Waals surface area contributed by atoms with Crippen LogP contribution in [0.4, 0.5) is 14.6 Å². The average molecular weight is 279 g/mol. The molecule has 2 aromatic rings. The number of fused-ring (bicyclic) bond motifs is 1. The minimum absolute atomic E-state index is 0.0391. The number of benzene rings is 1. The summed E-state index contributed by atoms with van der Waals surface area (Å²) >= 11 is 0. The molecule has 0 bridgehead atoms. The summed E-state index contributed by atoms with van der Waals surface area (Å²) in [6.07, 6.45) is 1.76. The van der Waals surface area contributed by atoms with Crippen LogP contribution in [0, 0.1) is 11.6 Å². The van der Waals surface area contributed by atoms with Crippen molar-refractivity contribution in [2.75, 3.05) is 11.9 Å². The molecule has 2 heterocycles. The van der Waals surface area contributed by atoms with E-state index < -0.39 is 23.6 Å². The summed E-state index contributed by atoms with van der Waals surface area (Å²) in [6.45, 7) is 0.494. The van der Waals surface area contributed by atoms with E-state index in [1.165, 1.54) is 23.0 Å². The zero-order valence-electron chi connectivity index (χ0n) is 10.3. The highest BCUT2D eigenvalue weighted by atomic mass is 19.1. The van der Waals surface area contributed by atoms with Crippen LogP contribution in [0.5, 0.6) is 0 Å². The Balaban J connectivity index is 2.08. The van der Waals surface area contributed by atoms with Crippen molar-refractivity contribution < 1.29 is 18.7 Å². The maximum Gasteiger partial charge on any atom is 0.341 e. The van der Waals surface area contributed by atoms with Crippen LogP contribution in [0.15, 0.2) is 24.4 Å². The van der Waals surface area contributed by atoms with Gasteiger partial charge in [0.1, 0.15) is 23.0 Å². The lowest BCUT2D eigenvalue weighted by Crippen LogP contribution is -2.26. The highest BCUT2D eigenvalue weighted by Gasteiger charge is 2.28. The van der Waals surface area contributed by atoms with Gasteiger partial charge in [0.05, 0.1) is 12.2 Å². The largest absolute Gasteiger partial charge is 0.477 e. The molecule has 5 nitrogen and oxygen atoms in total. The molecule has 104 valence electrons. The van der Waals surface area contributed by atoms with Gasteiger partial charge in [0.15, 0.2) is 0 Å². The van der Waals surface area contributed by atoms with Crippen LogP contribution >= 0.6 is 0 Å². The first-order valence-electron chi connectivity index (χ1n) is 6.07. The van der Waals surface area contributed by atoms with E-state index in [1.54, 1.807) is 0 Å². The van der Waals surface area contributed by atoms with Gasteiger partial charge in [-0.25, -0.2) is 18.3 Å². The smallest absolute Gasteiger partial charge is 0.341 e. The summed E-state index contributed by atoms with van der Waals surface area (Å²) in [7, 11) is 0. The molecule has 0 radical (unpaired) electrons. The molecule has 0 saturated heterocycles. The van der Waals surface area contributed by atoms with Gasteiger partial charge in [0.25, 0.3) is 0 Å². The van der Waals surface area contributed by atoms with Gasteiger partial charge < -0.3 is 10.4 Å². The van der Waals surface area contributed by atoms with Crippen molar-refractivity contribution in [2.45, 2.75) is 12.5 Å². The number of nitrogens with one attached hydrogen (secondary N) is 1. The molecular weight excluding hydrogens is 268 g/mol. The number of aromatic nitrogens is 2. The minimum atomic E-state index is -1.10. The van der Waals surface area contributed by atoms with Gasteiger partial charge in [-0.15, -0.1) is 0 Å². The summed E-state index contributed by atoms with van der Waals surface area (Å²) in [5.74, 6) is -2.06. The Bertz CT molecular complexity index is 684. The number of carbonyl (C=O) groups is 1. The number of halogens is 2. The Morgan fingerprint density at radius 3 is 2.95 bits per heavy atom. The second-order valence-corrected chi connectivity index (χ2v) is 4.55. The summed E-state index contributed by atoms with van der Waals surface area (Å²) in [4.78, 5) is 11.1. The number of aromatic carboxylic acids is 1. The van der Waals surface area contributed by atoms with Crippen molar-refractivity contribution in [1.29, 1.82) is 0 Å². The molecule has 0 aliphatic carbocycles. The zero-order chi connectivity index (χ0) is 14.3. The van der Waals surface area contributed by atoms with Gasteiger partial charge in [-0.2, -0.15) is 5.10 Å². The van der Waals surface area contributed by atoms with E-state index in [4.69, 9.17) is 5.11 Å². The van der Waals surface area contributed by atoms with E-state index in [0.717, 1.165) is 6.07 Å². The highest BCUT2D eigenvalue weighted by molar-refractivity contribution is 5.93. The van der Waals surface area contributed by atoms with Crippen LogP contribution in [0.3, 0.4) is 0 Å². The number of rotatable bonds is 2.